The number of aryl methyl sites for hydroxylation is 3. The molecule has 1 saturated carbocycles. The maximum absolute atomic E-state index is 6.26. The maximum atomic E-state index is 6.26. The second-order valence-electron chi connectivity index (χ2n) is 7.75. The molecule has 0 radical (unpaired) electrons. The lowest BCUT2D eigenvalue weighted by molar-refractivity contribution is 0.0256. The molecule has 1 fully saturated rings. The van der Waals surface area contributed by atoms with Crippen LogP contribution in [0.4, 0.5) is 5.82 Å². The van der Waals surface area contributed by atoms with Gasteiger partial charge in [-0.2, -0.15) is 0 Å². The van der Waals surface area contributed by atoms with Gasteiger partial charge in [0.1, 0.15) is 5.82 Å². The summed E-state index contributed by atoms with van der Waals surface area (Å²) in [6.45, 7) is 5.15. The van der Waals surface area contributed by atoms with Crippen molar-refractivity contribution in [1.82, 2.24) is 4.98 Å². The number of aromatic nitrogens is 1. The van der Waals surface area contributed by atoms with Crippen LogP contribution in [0.15, 0.2) is 36.4 Å². The van der Waals surface area contributed by atoms with Crippen LogP contribution >= 0.6 is 0 Å². The van der Waals surface area contributed by atoms with E-state index in [1.54, 1.807) is 0 Å². The summed E-state index contributed by atoms with van der Waals surface area (Å²) in [5.74, 6) is 1.21. The summed E-state index contributed by atoms with van der Waals surface area (Å²) in [5.41, 5.74) is 11.1. The molecule has 0 aliphatic heterocycles. The predicted molar refractivity (Wildman–Crippen MR) is 108 cm³/mol. The van der Waals surface area contributed by atoms with E-state index in [1.165, 1.54) is 42.4 Å². The molecule has 1 heterocycles. The zero-order valence-electron chi connectivity index (χ0n) is 16.2. The summed E-state index contributed by atoms with van der Waals surface area (Å²) < 4.78 is 6.26. The minimum Gasteiger partial charge on any atom is -0.384 e. The van der Waals surface area contributed by atoms with Crippen molar-refractivity contribution in [2.75, 3.05) is 12.3 Å². The molecule has 1 aliphatic rings. The van der Waals surface area contributed by atoms with Crippen LogP contribution in [0.5, 0.6) is 0 Å². The van der Waals surface area contributed by atoms with E-state index >= 15 is 0 Å². The largest absolute Gasteiger partial charge is 0.384 e. The Morgan fingerprint density at radius 3 is 2.77 bits per heavy atom. The summed E-state index contributed by atoms with van der Waals surface area (Å²) in [6, 6.07) is 12.8. The molecular weight excluding hydrogens is 320 g/mol. The molecular formula is C23H32N2O. The molecule has 2 aromatic rings. The average Bonchev–Trinajstić information content (AvgIpc) is 3.02. The highest BCUT2D eigenvalue weighted by Crippen LogP contribution is 2.31. The molecule has 26 heavy (non-hydrogen) atoms. The van der Waals surface area contributed by atoms with Gasteiger partial charge in [-0.25, -0.2) is 4.98 Å². The number of nitrogens with two attached hydrogens (primary N) is 1. The maximum Gasteiger partial charge on any atom is 0.123 e. The number of pyridine rings is 1. The van der Waals surface area contributed by atoms with Crippen molar-refractivity contribution in [1.29, 1.82) is 0 Å². The minimum absolute atomic E-state index is 0.386. The molecule has 0 bridgehead atoms. The molecule has 0 amide bonds. The Bertz CT molecular complexity index is 693. The molecule has 1 aromatic heterocycles. The number of rotatable bonds is 8. The first-order valence-corrected chi connectivity index (χ1v) is 10.0. The van der Waals surface area contributed by atoms with Gasteiger partial charge in [-0.15, -0.1) is 0 Å². The first-order chi connectivity index (χ1) is 12.6. The molecule has 2 atom stereocenters. The van der Waals surface area contributed by atoms with E-state index in [1.807, 2.05) is 6.07 Å². The van der Waals surface area contributed by atoms with Crippen LogP contribution in [-0.4, -0.2) is 17.7 Å². The van der Waals surface area contributed by atoms with Gasteiger partial charge in [0.25, 0.3) is 0 Å². The smallest absolute Gasteiger partial charge is 0.123 e. The van der Waals surface area contributed by atoms with Crippen molar-refractivity contribution in [3.8, 4) is 0 Å². The summed E-state index contributed by atoms with van der Waals surface area (Å²) in [5, 5.41) is 0. The Morgan fingerprint density at radius 1 is 1.12 bits per heavy atom. The first-order valence-electron chi connectivity index (χ1n) is 10.0. The molecule has 140 valence electrons. The summed E-state index contributed by atoms with van der Waals surface area (Å²) >= 11 is 0. The zero-order valence-corrected chi connectivity index (χ0v) is 16.2. The van der Waals surface area contributed by atoms with E-state index in [0.717, 1.165) is 31.6 Å². The number of anilines is 1. The average molecular weight is 353 g/mol. The van der Waals surface area contributed by atoms with Gasteiger partial charge in [0.2, 0.25) is 0 Å². The highest BCUT2D eigenvalue weighted by Gasteiger charge is 2.28. The van der Waals surface area contributed by atoms with E-state index in [-0.39, 0.29) is 0 Å². The van der Waals surface area contributed by atoms with Crippen LogP contribution in [0.25, 0.3) is 0 Å². The second-order valence-corrected chi connectivity index (χ2v) is 7.75. The summed E-state index contributed by atoms with van der Waals surface area (Å²) in [6.07, 6.45) is 8.53. The third-order valence-electron chi connectivity index (χ3n) is 5.54. The summed E-state index contributed by atoms with van der Waals surface area (Å²) in [4.78, 5) is 4.51. The van der Waals surface area contributed by atoms with Crippen molar-refractivity contribution < 1.29 is 4.74 Å². The highest BCUT2D eigenvalue weighted by atomic mass is 16.5. The second kappa shape index (κ2) is 9.18. The number of nitrogens with zero attached hydrogens (tertiary/aromatic N) is 1. The molecule has 3 rings (SSSR count). The van der Waals surface area contributed by atoms with Crippen LogP contribution in [0.2, 0.25) is 0 Å². The minimum atomic E-state index is 0.386. The number of hydrogen-bond acceptors (Lipinski definition) is 3. The Balaban J connectivity index is 1.42. The standard InChI is InChI=1S/C23H32N2O/c1-17-14-21(25-23(24)15-17)16-20-11-7-12-22(20)26-13-6-5-10-19-9-4-3-8-18(19)2/h3-4,8-9,14-15,20,22H,5-7,10-13,16H2,1-2H3,(H2,24,25). The van der Waals surface area contributed by atoms with Gasteiger partial charge in [0.15, 0.2) is 0 Å². The van der Waals surface area contributed by atoms with Gasteiger partial charge in [0, 0.05) is 12.3 Å². The fourth-order valence-corrected chi connectivity index (χ4v) is 4.14. The Labute approximate surface area is 158 Å². The van der Waals surface area contributed by atoms with Crippen LogP contribution in [0.1, 0.15) is 54.5 Å². The molecule has 1 aromatic carbocycles. The van der Waals surface area contributed by atoms with Gasteiger partial charge in [-0.05, 0) is 87.1 Å². The molecule has 0 saturated heterocycles. The Hall–Kier alpha value is -1.87. The van der Waals surface area contributed by atoms with E-state index in [9.17, 15) is 0 Å². The van der Waals surface area contributed by atoms with Gasteiger partial charge in [0.05, 0.1) is 6.10 Å². The van der Waals surface area contributed by atoms with E-state index < -0.39 is 0 Å². The lowest BCUT2D eigenvalue weighted by Crippen LogP contribution is -2.21. The van der Waals surface area contributed by atoms with Gasteiger partial charge < -0.3 is 10.5 Å². The van der Waals surface area contributed by atoms with Crippen LogP contribution in [-0.2, 0) is 17.6 Å². The molecule has 0 spiro atoms. The first kappa shape index (κ1) is 18.9. The van der Waals surface area contributed by atoms with Crippen molar-refractivity contribution in [3.05, 3.63) is 58.8 Å². The summed E-state index contributed by atoms with van der Waals surface area (Å²) in [7, 11) is 0. The molecule has 1 aliphatic carbocycles. The van der Waals surface area contributed by atoms with Crippen LogP contribution in [0.3, 0.4) is 0 Å². The molecule has 3 nitrogen and oxygen atoms in total. The van der Waals surface area contributed by atoms with E-state index in [4.69, 9.17) is 10.5 Å². The number of hydrogen-bond donors (Lipinski definition) is 1. The number of benzene rings is 1. The fraction of sp³-hybridized carbons (Fsp3) is 0.522. The van der Waals surface area contributed by atoms with Gasteiger partial charge >= 0.3 is 0 Å². The quantitative estimate of drug-likeness (QED) is 0.678. The number of ether oxygens (including phenoxy) is 1. The van der Waals surface area contributed by atoms with E-state index in [2.05, 4.69) is 49.2 Å². The molecule has 2 N–H and O–H groups in total. The fourth-order valence-electron chi connectivity index (χ4n) is 4.14. The third kappa shape index (κ3) is 5.31. The van der Waals surface area contributed by atoms with E-state index in [0.29, 0.717) is 17.8 Å². The highest BCUT2D eigenvalue weighted by molar-refractivity contribution is 5.34. The van der Waals surface area contributed by atoms with Crippen molar-refractivity contribution in [2.24, 2.45) is 5.92 Å². The zero-order chi connectivity index (χ0) is 18.4. The predicted octanol–water partition coefficient (Wildman–Crippen LogP) is 5.03. The number of unbranched alkanes of at least 4 members (excludes halogenated alkanes) is 1. The van der Waals surface area contributed by atoms with Crippen LogP contribution in [0, 0.1) is 19.8 Å². The normalized spacial score (nSPS) is 19.8. The lowest BCUT2D eigenvalue weighted by Gasteiger charge is -2.20. The molecule has 2 unspecified atom stereocenters. The van der Waals surface area contributed by atoms with Gasteiger partial charge in [-0.3, -0.25) is 0 Å². The molecule has 3 heteroatoms. The topological polar surface area (TPSA) is 48.1 Å². The SMILES string of the molecule is Cc1cc(N)nc(CC2CCCC2OCCCCc2ccccc2C)c1. The van der Waals surface area contributed by atoms with Gasteiger partial charge in [-0.1, -0.05) is 30.7 Å². The Kier molecular flexibility index (Phi) is 6.67. The van der Waals surface area contributed by atoms with Crippen molar-refractivity contribution in [3.63, 3.8) is 0 Å². The Morgan fingerprint density at radius 2 is 1.96 bits per heavy atom. The van der Waals surface area contributed by atoms with Crippen molar-refractivity contribution >= 4 is 5.82 Å². The monoisotopic (exact) mass is 352 g/mol. The number of nitrogen functional groups attached to an aromatic ring is 1. The van der Waals surface area contributed by atoms with Crippen LogP contribution < -0.4 is 5.73 Å². The van der Waals surface area contributed by atoms with Crippen molar-refractivity contribution in [2.45, 2.75) is 64.9 Å². The third-order valence-corrected chi connectivity index (χ3v) is 5.54. The lowest BCUT2D eigenvalue weighted by atomic mass is 9.98.